The number of nitrogens with one attached hydrogen (secondary N) is 1. The molecule has 0 aliphatic rings. The number of amides is 2. The fourth-order valence-electron chi connectivity index (χ4n) is 3.05. The number of rotatable bonds is 9. The average Bonchev–Trinajstić information content (AvgIpc) is 2.70. The molecule has 0 saturated carbocycles. The van der Waals surface area contributed by atoms with Crippen LogP contribution < -0.4 is 9.62 Å². The first-order chi connectivity index (χ1) is 15.3. The molecule has 11 heteroatoms. The van der Waals surface area contributed by atoms with Gasteiger partial charge in [0.05, 0.1) is 17.0 Å². The maximum absolute atomic E-state index is 13.4. The van der Waals surface area contributed by atoms with Crippen LogP contribution in [0.1, 0.15) is 26.3 Å². The van der Waals surface area contributed by atoms with Gasteiger partial charge in [-0.15, -0.1) is 0 Å². The molecule has 2 rings (SSSR count). The lowest BCUT2D eigenvalue weighted by molar-refractivity contribution is -0.139. The van der Waals surface area contributed by atoms with Crippen LogP contribution in [0.3, 0.4) is 0 Å². The van der Waals surface area contributed by atoms with Crippen LogP contribution in [-0.2, 0) is 26.2 Å². The molecule has 0 radical (unpaired) electrons. The van der Waals surface area contributed by atoms with Gasteiger partial charge in [-0.3, -0.25) is 13.9 Å². The van der Waals surface area contributed by atoms with Crippen molar-refractivity contribution in [2.24, 2.45) is 0 Å². The summed E-state index contributed by atoms with van der Waals surface area (Å²) in [6.07, 6.45) is 0.949. The molecule has 0 aromatic heterocycles. The van der Waals surface area contributed by atoms with Gasteiger partial charge in [-0.2, -0.15) is 0 Å². The number of hydrogen-bond acceptors (Lipinski definition) is 4. The minimum Gasteiger partial charge on any atom is -0.352 e. The lowest BCUT2D eigenvalue weighted by atomic mass is 10.1. The highest BCUT2D eigenvalue weighted by atomic mass is 35.5. The van der Waals surface area contributed by atoms with Gasteiger partial charge in [-0.25, -0.2) is 12.8 Å². The van der Waals surface area contributed by atoms with Crippen LogP contribution >= 0.6 is 23.2 Å². The van der Waals surface area contributed by atoms with E-state index < -0.39 is 40.2 Å². The Labute approximate surface area is 203 Å². The minimum atomic E-state index is -3.92. The Morgan fingerprint density at radius 1 is 1.06 bits per heavy atom. The van der Waals surface area contributed by atoms with Crippen LogP contribution in [0.4, 0.5) is 10.1 Å². The van der Waals surface area contributed by atoms with E-state index in [0.717, 1.165) is 10.6 Å². The van der Waals surface area contributed by atoms with Crippen molar-refractivity contribution >= 4 is 50.7 Å². The highest BCUT2D eigenvalue weighted by Crippen LogP contribution is 2.30. The average molecular weight is 518 g/mol. The van der Waals surface area contributed by atoms with E-state index in [1.807, 2.05) is 0 Å². The number of benzene rings is 2. The van der Waals surface area contributed by atoms with E-state index in [2.05, 4.69) is 5.32 Å². The molecule has 0 aliphatic carbocycles. The summed E-state index contributed by atoms with van der Waals surface area (Å²) in [5, 5.41) is 3.10. The fourth-order valence-corrected chi connectivity index (χ4v) is 4.47. The van der Waals surface area contributed by atoms with Crippen LogP contribution in [-0.4, -0.2) is 50.0 Å². The van der Waals surface area contributed by atoms with Crippen LogP contribution in [0.2, 0.25) is 10.0 Å². The van der Waals surface area contributed by atoms with E-state index in [1.165, 1.54) is 47.4 Å². The summed E-state index contributed by atoms with van der Waals surface area (Å²) in [5.74, 6) is -1.49. The number of sulfonamides is 1. The largest absolute Gasteiger partial charge is 0.352 e. The SMILES string of the molecule is CC(C)NC(=O)[C@@H](C)N(Cc1ccc(F)cc1)C(=O)CN(c1ccc(Cl)cc1Cl)S(C)(=O)=O. The molecule has 2 aromatic carbocycles. The number of hydrogen-bond donors (Lipinski definition) is 1. The zero-order valence-electron chi connectivity index (χ0n) is 18.7. The predicted octanol–water partition coefficient (Wildman–Crippen LogP) is 3.84. The zero-order valence-corrected chi connectivity index (χ0v) is 21.0. The van der Waals surface area contributed by atoms with Crippen LogP contribution in [0, 0.1) is 5.82 Å². The van der Waals surface area contributed by atoms with E-state index in [1.54, 1.807) is 20.8 Å². The van der Waals surface area contributed by atoms with Gasteiger partial charge in [0.25, 0.3) is 0 Å². The van der Waals surface area contributed by atoms with Gasteiger partial charge in [0.2, 0.25) is 21.8 Å². The molecule has 7 nitrogen and oxygen atoms in total. The normalized spacial score (nSPS) is 12.4. The second-order valence-electron chi connectivity index (χ2n) is 7.85. The molecule has 0 aliphatic heterocycles. The fraction of sp³-hybridized carbons (Fsp3) is 0.364. The molecule has 2 aromatic rings. The summed E-state index contributed by atoms with van der Waals surface area (Å²) in [5.41, 5.74) is 0.655. The Kier molecular flexibility index (Phi) is 9.11. The van der Waals surface area contributed by atoms with Crippen molar-refractivity contribution in [3.8, 4) is 0 Å². The first-order valence-electron chi connectivity index (χ1n) is 10.1. The number of anilines is 1. The van der Waals surface area contributed by atoms with Crippen molar-refractivity contribution in [1.82, 2.24) is 10.2 Å². The number of carbonyl (C=O) groups is 2. The number of halogens is 3. The van der Waals surface area contributed by atoms with Crippen LogP contribution in [0.25, 0.3) is 0 Å². The zero-order chi connectivity index (χ0) is 24.9. The molecule has 0 saturated heterocycles. The van der Waals surface area contributed by atoms with Crippen molar-refractivity contribution in [3.05, 3.63) is 63.9 Å². The summed E-state index contributed by atoms with van der Waals surface area (Å²) in [6, 6.07) is 8.62. The molecular weight excluding hydrogens is 492 g/mol. The summed E-state index contributed by atoms with van der Waals surface area (Å²) in [4.78, 5) is 27.2. The monoisotopic (exact) mass is 517 g/mol. The first kappa shape index (κ1) is 26.9. The van der Waals surface area contributed by atoms with Crippen molar-refractivity contribution in [2.75, 3.05) is 17.1 Å². The first-order valence-corrected chi connectivity index (χ1v) is 12.7. The molecule has 33 heavy (non-hydrogen) atoms. The molecule has 0 bridgehead atoms. The number of nitrogens with zero attached hydrogens (tertiary/aromatic N) is 2. The third-order valence-corrected chi connectivity index (χ3v) is 6.39. The smallest absolute Gasteiger partial charge is 0.244 e. The summed E-state index contributed by atoms with van der Waals surface area (Å²) >= 11 is 12.1. The third-order valence-electron chi connectivity index (χ3n) is 4.72. The Hall–Kier alpha value is -2.36. The van der Waals surface area contributed by atoms with Gasteiger partial charge in [0.15, 0.2) is 0 Å². The lowest BCUT2D eigenvalue weighted by Crippen LogP contribution is -2.52. The van der Waals surface area contributed by atoms with Crippen molar-refractivity contribution in [1.29, 1.82) is 0 Å². The van der Waals surface area contributed by atoms with Crippen molar-refractivity contribution in [3.63, 3.8) is 0 Å². The molecule has 1 atom stereocenters. The van der Waals surface area contributed by atoms with E-state index in [0.29, 0.717) is 10.6 Å². The molecule has 0 heterocycles. The molecule has 1 N–H and O–H groups in total. The van der Waals surface area contributed by atoms with Gasteiger partial charge in [-0.1, -0.05) is 35.3 Å². The Balaban J connectivity index is 2.41. The summed E-state index contributed by atoms with van der Waals surface area (Å²) in [6.45, 7) is 4.48. The minimum absolute atomic E-state index is 0.0300. The standard InChI is InChI=1S/C22H26Cl2FN3O4S/c1-14(2)26-22(30)15(3)27(12-16-5-8-18(25)9-6-16)21(29)13-28(33(4,31)32)20-10-7-17(23)11-19(20)24/h5-11,14-15H,12-13H2,1-4H3,(H,26,30)/t15-/m1/s1. The Morgan fingerprint density at radius 2 is 1.67 bits per heavy atom. The van der Waals surface area contributed by atoms with Gasteiger partial charge in [0.1, 0.15) is 18.4 Å². The second kappa shape index (κ2) is 11.2. The third kappa shape index (κ3) is 7.58. The van der Waals surface area contributed by atoms with E-state index >= 15 is 0 Å². The van der Waals surface area contributed by atoms with E-state index in [4.69, 9.17) is 23.2 Å². The predicted molar refractivity (Wildman–Crippen MR) is 128 cm³/mol. The summed E-state index contributed by atoms with van der Waals surface area (Å²) < 4.78 is 39.2. The maximum atomic E-state index is 13.4. The van der Waals surface area contributed by atoms with Crippen molar-refractivity contribution in [2.45, 2.75) is 39.4 Å². The highest BCUT2D eigenvalue weighted by Gasteiger charge is 2.31. The molecule has 0 fully saturated rings. The van der Waals surface area contributed by atoms with Crippen LogP contribution in [0.5, 0.6) is 0 Å². The molecule has 2 amide bonds. The molecule has 180 valence electrons. The van der Waals surface area contributed by atoms with Crippen LogP contribution in [0.15, 0.2) is 42.5 Å². The van der Waals surface area contributed by atoms with E-state index in [-0.39, 0.29) is 23.3 Å². The highest BCUT2D eigenvalue weighted by molar-refractivity contribution is 7.92. The van der Waals surface area contributed by atoms with Gasteiger partial charge in [-0.05, 0) is 56.7 Å². The Morgan fingerprint density at radius 3 is 2.18 bits per heavy atom. The quantitative estimate of drug-likeness (QED) is 0.547. The summed E-state index contributed by atoms with van der Waals surface area (Å²) in [7, 11) is -3.92. The molecular formula is C22H26Cl2FN3O4S. The maximum Gasteiger partial charge on any atom is 0.244 e. The van der Waals surface area contributed by atoms with Gasteiger partial charge < -0.3 is 10.2 Å². The number of carbonyl (C=O) groups excluding carboxylic acids is 2. The molecule has 0 spiro atoms. The Bertz CT molecular complexity index is 1110. The van der Waals surface area contributed by atoms with Crippen molar-refractivity contribution < 1.29 is 22.4 Å². The lowest BCUT2D eigenvalue weighted by Gasteiger charge is -2.32. The molecule has 0 unspecified atom stereocenters. The topological polar surface area (TPSA) is 86.8 Å². The second-order valence-corrected chi connectivity index (χ2v) is 10.6. The van der Waals surface area contributed by atoms with E-state index in [9.17, 15) is 22.4 Å². The van der Waals surface area contributed by atoms with Gasteiger partial charge >= 0.3 is 0 Å². The van der Waals surface area contributed by atoms with Gasteiger partial charge in [0, 0.05) is 17.6 Å².